The quantitative estimate of drug-likeness (QED) is 0.742. The summed E-state index contributed by atoms with van der Waals surface area (Å²) in [6.45, 7) is 0. The summed E-state index contributed by atoms with van der Waals surface area (Å²) < 4.78 is 1.95. The van der Waals surface area contributed by atoms with Crippen molar-refractivity contribution >= 4 is 29.8 Å². The lowest BCUT2D eigenvalue weighted by Gasteiger charge is -2.11. The Hall–Kier alpha value is -2.51. The number of hydrogen-bond donors (Lipinski definition) is 1. The molecule has 0 atom stereocenters. The van der Waals surface area contributed by atoms with Gasteiger partial charge in [0.2, 0.25) is 0 Å². The minimum Gasteiger partial charge on any atom is -0.545 e. The summed E-state index contributed by atoms with van der Waals surface area (Å²) in [5, 5.41) is 18.1. The summed E-state index contributed by atoms with van der Waals surface area (Å²) in [7, 11) is 0. The maximum atomic E-state index is 11.1. The summed E-state index contributed by atoms with van der Waals surface area (Å²) in [5.74, 6) is -0.814. The fraction of sp³-hybridized carbons (Fsp3) is 0. The molecule has 8 heteroatoms. The Morgan fingerprint density at radius 3 is 2.68 bits per heavy atom. The number of aromatic carboxylic acids is 1. The maximum absolute atomic E-state index is 11.1. The van der Waals surface area contributed by atoms with E-state index in [0.29, 0.717) is 16.3 Å². The summed E-state index contributed by atoms with van der Waals surface area (Å²) in [4.78, 5) is 15.1. The van der Waals surface area contributed by atoms with Gasteiger partial charge in [0.25, 0.3) is 0 Å². The highest BCUT2D eigenvalue weighted by Crippen LogP contribution is 2.24. The number of carbonyl (C=O) groups excluding carboxylic acids is 1. The first-order valence-corrected chi connectivity index (χ1v) is 6.95. The molecule has 6 nitrogen and oxygen atoms in total. The van der Waals surface area contributed by atoms with Crippen LogP contribution in [0.15, 0.2) is 42.7 Å². The van der Waals surface area contributed by atoms with E-state index < -0.39 is 5.97 Å². The van der Waals surface area contributed by atoms with Gasteiger partial charge in [-0.1, -0.05) is 11.6 Å². The van der Waals surface area contributed by atoms with Gasteiger partial charge in [-0.2, -0.15) is 5.10 Å². The molecule has 0 aliphatic carbocycles. The molecule has 3 rings (SSSR count). The predicted molar refractivity (Wildman–Crippen MR) is 81.3 cm³/mol. The van der Waals surface area contributed by atoms with Crippen molar-refractivity contribution in [1.82, 2.24) is 19.7 Å². The van der Waals surface area contributed by atoms with Crippen molar-refractivity contribution in [3.05, 3.63) is 58.1 Å². The predicted octanol–water partition coefficient (Wildman–Crippen LogP) is 2.01. The number of halogens is 1. The number of aromatic nitrogens is 4. The standard InChI is InChI=1S/C14H9ClN4O2S/c15-11-2-1-9(7-10(11)13(20)21)19-12(17-18-14(19)22)8-3-5-16-6-4-8/h1-7H,(H,18,22)(H,20,21)/p-1. The highest BCUT2D eigenvalue weighted by molar-refractivity contribution is 7.71. The van der Waals surface area contributed by atoms with Gasteiger partial charge in [-0.3, -0.25) is 14.6 Å². The Kier molecular flexibility index (Phi) is 3.74. The Morgan fingerprint density at radius 1 is 1.27 bits per heavy atom. The fourth-order valence-corrected chi connectivity index (χ4v) is 2.47. The molecule has 110 valence electrons. The van der Waals surface area contributed by atoms with Crippen LogP contribution in [-0.2, 0) is 0 Å². The van der Waals surface area contributed by atoms with Crippen LogP contribution < -0.4 is 5.11 Å². The molecular weight excluding hydrogens is 324 g/mol. The van der Waals surface area contributed by atoms with Crippen LogP contribution in [0.3, 0.4) is 0 Å². The molecule has 2 heterocycles. The number of nitrogens with one attached hydrogen (secondary N) is 1. The molecule has 3 aromatic rings. The van der Waals surface area contributed by atoms with Crippen LogP contribution in [-0.4, -0.2) is 25.7 Å². The van der Waals surface area contributed by atoms with Crippen molar-refractivity contribution in [2.45, 2.75) is 0 Å². The van der Waals surface area contributed by atoms with Crippen LogP contribution in [0.4, 0.5) is 0 Å². The zero-order valence-corrected chi connectivity index (χ0v) is 12.6. The van der Waals surface area contributed by atoms with E-state index in [-0.39, 0.29) is 10.6 Å². The number of carboxylic acids is 1. The smallest absolute Gasteiger partial charge is 0.200 e. The molecule has 2 aromatic heterocycles. The van der Waals surface area contributed by atoms with Crippen LogP contribution in [0.25, 0.3) is 17.1 Å². The molecule has 1 aromatic carbocycles. The van der Waals surface area contributed by atoms with Crippen molar-refractivity contribution in [3.63, 3.8) is 0 Å². The largest absolute Gasteiger partial charge is 0.545 e. The SMILES string of the molecule is O=C([O-])c1cc(-n2c(-c3ccncc3)n[nH]c2=S)ccc1Cl. The van der Waals surface area contributed by atoms with Gasteiger partial charge in [-0.15, -0.1) is 0 Å². The Bertz CT molecular complexity index is 905. The van der Waals surface area contributed by atoms with Crippen LogP contribution in [0.2, 0.25) is 5.02 Å². The van der Waals surface area contributed by atoms with E-state index in [9.17, 15) is 9.90 Å². The molecule has 0 radical (unpaired) electrons. The first kappa shape index (κ1) is 14.4. The lowest BCUT2D eigenvalue weighted by Crippen LogP contribution is -2.22. The highest BCUT2D eigenvalue weighted by atomic mass is 35.5. The zero-order chi connectivity index (χ0) is 15.7. The first-order valence-electron chi connectivity index (χ1n) is 6.17. The lowest BCUT2D eigenvalue weighted by molar-refractivity contribution is -0.255. The molecule has 0 amide bonds. The van der Waals surface area contributed by atoms with Gasteiger partial charge in [-0.25, -0.2) is 0 Å². The molecule has 0 bridgehead atoms. The molecular formula is C14H8ClN4O2S-. The van der Waals surface area contributed by atoms with Gasteiger partial charge < -0.3 is 9.90 Å². The van der Waals surface area contributed by atoms with E-state index in [0.717, 1.165) is 5.56 Å². The first-order chi connectivity index (χ1) is 10.6. The average Bonchev–Trinajstić information content (AvgIpc) is 2.90. The monoisotopic (exact) mass is 331 g/mol. The Labute approximate surface area is 135 Å². The number of hydrogen-bond acceptors (Lipinski definition) is 5. The second-order valence-corrected chi connectivity index (χ2v) is 5.17. The third-order valence-electron chi connectivity index (χ3n) is 3.04. The number of pyridine rings is 1. The van der Waals surface area contributed by atoms with E-state index in [1.807, 2.05) is 0 Å². The summed E-state index contributed by atoms with van der Waals surface area (Å²) in [6.07, 6.45) is 3.26. The molecule has 0 saturated carbocycles. The second-order valence-electron chi connectivity index (χ2n) is 4.38. The van der Waals surface area contributed by atoms with E-state index in [2.05, 4.69) is 15.2 Å². The fourth-order valence-electron chi connectivity index (χ4n) is 2.04. The maximum Gasteiger partial charge on any atom is 0.200 e. The van der Waals surface area contributed by atoms with Gasteiger partial charge >= 0.3 is 0 Å². The number of nitrogens with zero attached hydrogens (tertiary/aromatic N) is 3. The highest BCUT2D eigenvalue weighted by Gasteiger charge is 2.12. The number of rotatable bonds is 3. The minimum absolute atomic E-state index is 0.101. The number of carboxylic acid groups (broad SMARTS) is 1. The molecule has 0 aliphatic rings. The zero-order valence-electron chi connectivity index (χ0n) is 11.0. The van der Waals surface area contributed by atoms with Crippen LogP contribution in [0.5, 0.6) is 0 Å². The summed E-state index contributed by atoms with van der Waals surface area (Å²) in [5.41, 5.74) is 1.20. The van der Waals surface area contributed by atoms with Crippen LogP contribution >= 0.6 is 23.8 Å². The van der Waals surface area contributed by atoms with Gasteiger partial charge in [0.05, 0.1) is 11.7 Å². The Morgan fingerprint density at radius 2 is 2.00 bits per heavy atom. The topological polar surface area (TPSA) is 86.6 Å². The molecule has 0 fully saturated rings. The van der Waals surface area contributed by atoms with Crippen molar-refractivity contribution in [1.29, 1.82) is 0 Å². The normalized spacial score (nSPS) is 10.6. The van der Waals surface area contributed by atoms with E-state index in [4.69, 9.17) is 23.8 Å². The van der Waals surface area contributed by atoms with Crippen molar-refractivity contribution < 1.29 is 9.90 Å². The Balaban J connectivity index is 2.22. The average molecular weight is 332 g/mol. The second kappa shape index (κ2) is 5.70. The van der Waals surface area contributed by atoms with Crippen molar-refractivity contribution in [3.8, 4) is 17.1 Å². The number of H-pyrrole nitrogens is 1. The molecule has 22 heavy (non-hydrogen) atoms. The third kappa shape index (κ3) is 2.51. The van der Waals surface area contributed by atoms with E-state index in [1.165, 1.54) is 12.1 Å². The van der Waals surface area contributed by atoms with Gasteiger partial charge in [0.1, 0.15) is 0 Å². The lowest BCUT2D eigenvalue weighted by atomic mass is 10.2. The summed E-state index contributed by atoms with van der Waals surface area (Å²) >= 11 is 11.1. The molecule has 0 unspecified atom stereocenters. The molecule has 0 aliphatic heterocycles. The van der Waals surface area contributed by atoms with Gasteiger partial charge in [0, 0.05) is 28.5 Å². The summed E-state index contributed by atoms with van der Waals surface area (Å²) in [6, 6.07) is 8.08. The van der Waals surface area contributed by atoms with Crippen LogP contribution in [0.1, 0.15) is 10.4 Å². The molecule has 0 saturated heterocycles. The van der Waals surface area contributed by atoms with Crippen molar-refractivity contribution in [2.75, 3.05) is 0 Å². The van der Waals surface area contributed by atoms with E-state index >= 15 is 0 Å². The number of aromatic amines is 1. The van der Waals surface area contributed by atoms with Crippen LogP contribution in [0, 0.1) is 4.77 Å². The molecule has 0 spiro atoms. The molecule has 1 N–H and O–H groups in total. The third-order valence-corrected chi connectivity index (χ3v) is 3.64. The minimum atomic E-state index is -1.35. The number of carbonyl (C=O) groups is 1. The number of benzene rings is 1. The van der Waals surface area contributed by atoms with Gasteiger partial charge in [-0.05, 0) is 42.5 Å². The van der Waals surface area contributed by atoms with Gasteiger partial charge in [0.15, 0.2) is 10.6 Å². The van der Waals surface area contributed by atoms with Crippen molar-refractivity contribution in [2.24, 2.45) is 0 Å². The van der Waals surface area contributed by atoms with E-state index in [1.54, 1.807) is 35.2 Å².